The van der Waals surface area contributed by atoms with Gasteiger partial charge in [0.2, 0.25) is 0 Å². The van der Waals surface area contributed by atoms with Crippen molar-refractivity contribution in [3.63, 3.8) is 0 Å². The third-order valence-corrected chi connectivity index (χ3v) is 7.48. The lowest BCUT2D eigenvalue weighted by molar-refractivity contribution is 0.0778. The average Bonchev–Trinajstić information content (AvgIpc) is 3.28. The second-order valence-corrected chi connectivity index (χ2v) is 10.7. The van der Waals surface area contributed by atoms with Crippen LogP contribution < -0.4 is 10.5 Å². The Kier molecular flexibility index (Phi) is 5.24. The van der Waals surface area contributed by atoms with E-state index in [1.165, 1.54) is 22.3 Å². The number of hydrogen-bond donors (Lipinski definition) is 3. The van der Waals surface area contributed by atoms with Crippen molar-refractivity contribution in [1.82, 2.24) is 0 Å². The number of rotatable bonds is 3. The fraction of sp³-hybridized carbons (Fsp3) is 0.435. The zero-order valence-corrected chi connectivity index (χ0v) is 18.6. The van der Waals surface area contributed by atoms with Gasteiger partial charge >= 0.3 is 6.03 Å². The highest BCUT2D eigenvalue weighted by Gasteiger charge is 2.25. The van der Waals surface area contributed by atoms with E-state index in [2.05, 4.69) is 15.7 Å². The van der Waals surface area contributed by atoms with E-state index < -0.39 is 21.5 Å². The topological polar surface area (TPSA) is 105 Å². The minimum absolute atomic E-state index is 0.270. The van der Waals surface area contributed by atoms with Crippen LogP contribution in [0.2, 0.25) is 0 Å². The predicted octanol–water partition coefficient (Wildman–Crippen LogP) is 4.13. The molecule has 2 aromatic carbocycles. The minimum atomic E-state index is -3.41. The number of anilines is 1. The zero-order chi connectivity index (χ0) is 21.7. The van der Waals surface area contributed by atoms with Gasteiger partial charge in [-0.1, -0.05) is 12.1 Å². The first-order valence-corrected chi connectivity index (χ1v) is 12.0. The molecule has 1 unspecified atom stereocenters. The molecule has 0 saturated carbocycles. The van der Waals surface area contributed by atoms with Gasteiger partial charge in [0.05, 0.1) is 10.5 Å². The second-order valence-electron chi connectivity index (χ2n) is 8.86. The molecule has 0 aromatic heterocycles. The Morgan fingerprint density at radius 2 is 1.70 bits per heavy atom. The SMILES string of the molecule is Cc1cc(S(N)(=O)=NC(=O)Nc2c3c(cc4c2CCC4)CCC3)ccc1C(C)(C)O. The fourth-order valence-electron chi connectivity index (χ4n) is 4.78. The number of carbonyl (C=O) groups excluding carboxylic acids is 1. The Morgan fingerprint density at radius 1 is 1.10 bits per heavy atom. The van der Waals surface area contributed by atoms with Crippen molar-refractivity contribution in [2.24, 2.45) is 9.50 Å². The summed E-state index contributed by atoms with van der Waals surface area (Å²) in [7, 11) is -3.41. The number of benzene rings is 2. The van der Waals surface area contributed by atoms with Crippen LogP contribution in [0.1, 0.15) is 60.1 Å². The number of urea groups is 1. The molecule has 0 radical (unpaired) electrons. The monoisotopic (exact) mass is 427 g/mol. The summed E-state index contributed by atoms with van der Waals surface area (Å²) in [4.78, 5) is 13.0. The van der Waals surface area contributed by atoms with Gasteiger partial charge in [0.25, 0.3) is 0 Å². The van der Waals surface area contributed by atoms with Crippen LogP contribution in [-0.4, -0.2) is 15.3 Å². The maximum Gasteiger partial charge on any atom is 0.354 e. The second kappa shape index (κ2) is 7.48. The smallest absolute Gasteiger partial charge is 0.354 e. The molecule has 2 aliphatic carbocycles. The number of aliphatic hydroxyl groups is 1. The molecule has 0 spiro atoms. The quantitative estimate of drug-likeness (QED) is 0.686. The predicted molar refractivity (Wildman–Crippen MR) is 119 cm³/mol. The molecule has 2 aromatic rings. The van der Waals surface area contributed by atoms with Crippen LogP contribution in [0.4, 0.5) is 10.5 Å². The summed E-state index contributed by atoms with van der Waals surface area (Å²) in [5.74, 6) is 0. The highest BCUT2D eigenvalue weighted by molar-refractivity contribution is 7.91. The van der Waals surface area contributed by atoms with E-state index in [0.717, 1.165) is 49.8 Å². The van der Waals surface area contributed by atoms with Crippen molar-refractivity contribution < 1.29 is 14.1 Å². The Labute approximate surface area is 178 Å². The van der Waals surface area contributed by atoms with Gasteiger partial charge in [-0.25, -0.2) is 14.1 Å². The summed E-state index contributed by atoms with van der Waals surface area (Å²) >= 11 is 0. The molecule has 0 fully saturated rings. The number of nitrogens with one attached hydrogen (secondary N) is 1. The molecular weight excluding hydrogens is 398 g/mol. The molecule has 2 amide bonds. The highest BCUT2D eigenvalue weighted by atomic mass is 32.2. The van der Waals surface area contributed by atoms with Gasteiger partial charge in [0.15, 0.2) is 0 Å². The number of hydrogen-bond acceptors (Lipinski definition) is 3. The summed E-state index contributed by atoms with van der Waals surface area (Å²) in [6.45, 7) is 5.18. The van der Waals surface area contributed by atoms with Crippen molar-refractivity contribution in [2.45, 2.75) is 69.8 Å². The molecule has 1 atom stereocenters. The molecular formula is C23H29N3O3S. The van der Waals surface area contributed by atoms with Crippen molar-refractivity contribution in [2.75, 3.05) is 5.32 Å². The number of nitrogens with two attached hydrogens (primary N) is 1. The van der Waals surface area contributed by atoms with Gasteiger partial charge in [-0.15, -0.1) is 4.36 Å². The molecule has 160 valence electrons. The van der Waals surface area contributed by atoms with Gasteiger partial charge in [-0.05, 0) is 105 Å². The number of carbonyl (C=O) groups is 1. The standard InChI is InChI=1S/C23H29N3O3S/c1-14-12-17(10-11-20(14)23(2,3)28)30(24,29)26-22(27)25-21-18-8-4-6-15(18)13-16-7-5-9-19(16)21/h10-13,28H,4-9H2,1-3H3,(H3,24,25,26,27,29). The van der Waals surface area contributed by atoms with Gasteiger partial charge in [0, 0.05) is 5.69 Å². The largest absolute Gasteiger partial charge is 0.386 e. The van der Waals surface area contributed by atoms with Crippen LogP contribution in [0.3, 0.4) is 0 Å². The third-order valence-electron chi connectivity index (χ3n) is 6.12. The van der Waals surface area contributed by atoms with Gasteiger partial charge in [-0.2, -0.15) is 0 Å². The van der Waals surface area contributed by atoms with E-state index in [0.29, 0.717) is 5.56 Å². The van der Waals surface area contributed by atoms with E-state index in [1.54, 1.807) is 32.0 Å². The highest BCUT2D eigenvalue weighted by Crippen LogP contribution is 2.38. The molecule has 0 aliphatic heterocycles. The molecule has 7 heteroatoms. The Morgan fingerprint density at radius 3 is 2.23 bits per heavy atom. The summed E-state index contributed by atoms with van der Waals surface area (Å²) in [6, 6.07) is 6.49. The Balaban J connectivity index is 1.66. The number of amides is 2. The fourth-order valence-corrected chi connectivity index (χ4v) is 5.78. The van der Waals surface area contributed by atoms with Crippen molar-refractivity contribution in [1.29, 1.82) is 0 Å². The molecule has 4 N–H and O–H groups in total. The summed E-state index contributed by atoms with van der Waals surface area (Å²) in [6.07, 6.45) is 6.10. The normalized spacial score (nSPS) is 17.2. The van der Waals surface area contributed by atoms with Crippen molar-refractivity contribution >= 4 is 21.6 Å². The van der Waals surface area contributed by atoms with E-state index in [4.69, 9.17) is 5.14 Å². The first-order chi connectivity index (χ1) is 14.1. The molecule has 0 heterocycles. The number of aryl methyl sites for hydroxylation is 3. The number of nitrogens with zero attached hydrogens (tertiary/aromatic N) is 1. The van der Waals surface area contributed by atoms with Crippen molar-refractivity contribution in [3.05, 3.63) is 57.6 Å². The van der Waals surface area contributed by atoms with Crippen LogP contribution in [0.25, 0.3) is 0 Å². The van der Waals surface area contributed by atoms with Crippen LogP contribution in [0.15, 0.2) is 33.5 Å². The van der Waals surface area contributed by atoms with E-state index in [-0.39, 0.29) is 4.90 Å². The molecule has 0 bridgehead atoms. The first kappa shape index (κ1) is 21.0. The minimum Gasteiger partial charge on any atom is -0.386 e. The maximum absolute atomic E-state index is 13.1. The molecule has 6 nitrogen and oxygen atoms in total. The third kappa shape index (κ3) is 3.89. The van der Waals surface area contributed by atoms with Gasteiger partial charge < -0.3 is 10.4 Å². The lowest BCUT2D eigenvalue weighted by Crippen LogP contribution is -2.20. The van der Waals surface area contributed by atoms with E-state index in [9.17, 15) is 14.1 Å². The molecule has 30 heavy (non-hydrogen) atoms. The lowest BCUT2D eigenvalue weighted by atomic mass is 9.94. The van der Waals surface area contributed by atoms with E-state index in [1.807, 2.05) is 6.92 Å². The lowest BCUT2D eigenvalue weighted by Gasteiger charge is -2.21. The Hall–Kier alpha value is -2.22. The zero-order valence-electron chi connectivity index (χ0n) is 17.7. The van der Waals surface area contributed by atoms with E-state index >= 15 is 0 Å². The molecule has 4 rings (SSSR count). The van der Waals surface area contributed by atoms with Crippen molar-refractivity contribution in [3.8, 4) is 0 Å². The molecule has 2 aliphatic rings. The van der Waals surface area contributed by atoms with Gasteiger partial charge in [-0.3, -0.25) is 0 Å². The Bertz CT molecular complexity index is 1120. The maximum atomic E-state index is 13.1. The van der Waals surface area contributed by atoms with Crippen LogP contribution in [-0.2, 0) is 41.2 Å². The summed E-state index contributed by atoms with van der Waals surface area (Å²) in [5.41, 5.74) is 6.26. The number of fused-ring (bicyclic) bond motifs is 2. The van der Waals surface area contributed by atoms with Crippen LogP contribution >= 0.6 is 0 Å². The summed E-state index contributed by atoms with van der Waals surface area (Å²) < 4.78 is 16.9. The van der Waals surface area contributed by atoms with Crippen LogP contribution in [0, 0.1) is 6.92 Å². The molecule has 0 saturated heterocycles. The first-order valence-electron chi connectivity index (χ1n) is 10.4. The summed E-state index contributed by atoms with van der Waals surface area (Å²) in [5, 5.41) is 19.1. The van der Waals surface area contributed by atoms with Gasteiger partial charge in [0.1, 0.15) is 9.92 Å². The van der Waals surface area contributed by atoms with Crippen LogP contribution in [0.5, 0.6) is 0 Å². The average molecular weight is 428 g/mol.